The molecule has 1 heterocycles. The van der Waals surface area contributed by atoms with Crippen LogP contribution in [0.1, 0.15) is 24.9 Å². The lowest BCUT2D eigenvalue weighted by atomic mass is 10.4. The molecule has 0 radical (unpaired) electrons. The van der Waals surface area contributed by atoms with E-state index in [1.807, 2.05) is 6.92 Å². The van der Waals surface area contributed by atoms with Gasteiger partial charge in [-0.25, -0.2) is 13.1 Å². The molecule has 1 aromatic heterocycles. The van der Waals surface area contributed by atoms with Gasteiger partial charge in [-0.3, -0.25) is 0 Å². The molecule has 0 saturated heterocycles. The van der Waals surface area contributed by atoms with Crippen molar-refractivity contribution in [1.82, 2.24) is 4.72 Å². The third-order valence-corrected chi connectivity index (χ3v) is 3.90. The highest BCUT2D eigenvalue weighted by molar-refractivity contribution is 7.89. The maximum atomic E-state index is 11.9. The number of aliphatic hydroxyl groups excluding tert-OH is 1. The molecule has 0 unspecified atom stereocenters. The molecule has 0 bridgehead atoms. The zero-order chi connectivity index (χ0) is 13.6. The zero-order valence-electron chi connectivity index (χ0n) is 10.6. The number of hydrogen-bond donors (Lipinski definition) is 2. The molecule has 2 N–H and O–H groups in total. The minimum absolute atomic E-state index is 0.0722. The molecule has 0 aliphatic carbocycles. The van der Waals surface area contributed by atoms with Crippen molar-refractivity contribution in [3.05, 3.63) is 17.6 Å². The molecular weight excluding hydrogens is 258 g/mol. The van der Waals surface area contributed by atoms with Gasteiger partial charge in [-0.15, -0.1) is 0 Å². The van der Waals surface area contributed by atoms with Gasteiger partial charge in [-0.05, 0) is 20.3 Å². The summed E-state index contributed by atoms with van der Waals surface area (Å²) < 4.78 is 36.5. The summed E-state index contributed by atoms with van der Waals surface area (Å²) in [4.78, 5) is 0.0722. The van der Waals surface area contributed by atoms with Crippen molar-refractivity contribution < 1.29 is 22.7 Å². The van der Waals surface area contributed by atoms with E-state index in [0.717, 1.165) is 0 Å². The van der Waals surface area contributed by atoms with E-state index in [4.69, 9.17) is 14.3 Å². The second-order valence-electron chi connectivity index (χ2n) is 3.74. The van der Waals surface area contributed by atoms with Gasteiger partial charge in [0.1, 0.15) is 23.0 Å². The molecule has 0 aliphatic rings. The minimum Gasteiger partial charge on any atom is -0.462 e. The van der Waals surface area contributed by atoms with Crippen molar-refractivity contribution in [3.63, 3.8) is 0 Å². The molecule has 0 spiro atoms. The summed E-state index contributed by atoms with van der Waals surface area (Å²) in [5.74, 6) is 0.513. The maximum absolute atomic E-state index is 11.9. The van der Waals surface area contributed by atoms with Gasteiger partial charge in [0.15, 0.2) is 0 Å². The first-order valence-corrected chi connectivity index (χ1v) is 7.27. The van der Waals surface area contributed by atoms with Crippen molar-refractivity contribution in [1.29, 1.82) is 0 Å². The Bertz CT molecular complexity index is 466. The van der Waals surface area contributed by atoms with Crippen molar-refractivity contribution in [2.45, 2.75) is 31.8 Å². The predicted molar refractivity (Wildman–Crippen MR) is 65.7 cm³/mol. The second-order valence-corrected chi connectivity index (χ2v) is 5.47. The van der Waals surface area contributed by atoms with Crippen molar-refractivity contribution in [3.8, 4) is 0 Å². The summed E-state index contributed by atoms with van der Waals surface area (Å²) in [6.45, 7) is 4.56. The van der Waals surface area contributed by atoms with Crippen LogP contribution in [0.25, 0.3) is 0 Å². The Kier molecular flexibility index (Phi) is 5.80. The number of aryl methyl sites for hydroxylation is 1. The number of hydrogen-bond acceptors (Lipinski definition) is 5. The monoisotopic (exact) mass is 277 g/mol. The number of nitrogens with one attached hydrogen (secondary N) is 1. The highest BCUT2D eigenvalue weighted by Gasteiger charge is 2.20. The van der Waals surface area contributed by atoms with Crippen LogP contribution >= 0.6 is 0 Å². The van der Waals surface area contributed by atoms with E-state index in [1.165, 1.54) is 6.07 Å². The molecule has 1 rings (SSSR count). The fourth-order valence-electron chi connectivity index (χ4n) is 1.47. The van der Waals surface area contributed by atoms with E-state index >= 15 is 0 Å². The van der Waals surface area contributed by atoms with E-state index in [2.05, 4.69) is 4.72 Å². The fraction of sp³-hybridized carbons (Fsp3) is 0.636. The summed E-state index contributed by atoms with van der Waals surface area (Å²) in [6, 6.07) is 1.33. The lowest BCUT2D eigenvalue weighted by Gasteiger charge is -2.05. The van der Waals surface area contributed by atoms with Gasteiger partial charge in [-0.1, -0.05) is 0 Å². The second kappa shape index (κ2) is 6.89. The van der Waals surface area contributed by atoms with Crippen LogP contribution in [0.5, 0.6) is 0 Å². The highest BCUT2D eigenvalue weighted by atomic mass is 32.2. The molecular formula is C11H19NO5S. The van der Waals surface area contributed by atoms with E-state index in [9.17, 15) is 8.42 Å². The molecule has 18 heavy (non-hydrogen) atoms. The van der Waals surface area contributed by atoms with Gasteiger partial charge in [-0.2, -0.15) is 0 Å². The Morgan fingerprint density at radius 3 is 2.78 bits per heavy atom. The molecule has 0 saturated carbocycles. The molecule has 104 valence electrons. The maximum Gasteiger partial charge on any atom is 0.244 e. The lowest BCUT2D eigenvalue weighted by Crippen LogP contribution is -2.25. The Morgan fingerprint density at radius 1 is 1.50 bits per heavy atom. The normalized spacial score (nSPS) is 11.9. The number of rotatable bonds is 8. The molecule has 0 aliphatic heterocycles. The molecule has 0 fully saturated rings. The summed E-state index contributed by atoms with van der Waals surface area (Å²) >= 11 is 0. The number of ether oxygens (including phenoxy) is 1. The van der Waals surface area contributed by atoms with Crippen LogP contribution in [-0.2, 0) is 21.4 Å². The average Bonchev–Trinajstić information content (AvgIpc) is 2.71. The summed E-state index contributed by atoms with van der Waals surface area (Å²) in [6.07, 6.45) is 0.608. The number of furan rings is 1. The van der Waals surface area contributed by atoms with E-state index in [0.29, 0.717) is 26.2 Å². The summed E-state index contributed by atoms with van der Waals surface area (Å²) in [5.41, 5.74) is 0. The first-order chi connectivity index (χ1) is 8.51. The van der Waals surface area contributed by atoms with Crippen molar-refractivity contribution in [2.75, 3.05) is 19.8 Å². The zero-order valence-corrected chi connectivity index (χ0v) is 11.4. The summed E-state index contributed by atoms with van der Waals surface area (Å²) in [5, 5.41) is 8.89. The average molecular weight is 277 g/mol. The van der Waals surface area contributed by atoms with Crippen molar-refractivity contribution in [2.24, 2.45) is 0 Å². The van der Waals surface area contributed by atoms with Crippen LogP contribution in [0.3, 0.4) is 0 Å². The Morgan fingerprint density at radius 2 is 2.22 bits per heavy atom. The molecule has 0 amide bonds. The van der Waals surface area contributed by atoms with Crippen LogP contribution in [0, 0.1) is 6.92 Å². The Balaban J connectivity index is 2.60. The van der Waals surface area contributed by atoms with Gasteiger partial charge >= 0.3 is 0 Å². The molecule has 0 atom stereocenters. The van der Waals surface area contributed by atoms with Crippen LogP contribution in [0.15, 0.2) is 15.4 Å². The fourth-order valence-corrected chi connectivity index (χ4v) is 2.75. The van der Waals surface area contributed by atoms with Gasteiger partial charge < -0.3 is 14.3 Å². The van der Waals surface area contributed by atoms with Gasteiger partial charge in [0.25, 0.3) is 0 Å². The Labute approximate surface area is 107 Å². The number of aliphatic hydroxyl groups is 1. The SMILES string of the molecule is CCOCCCNS(=O)(=O)c1cc(CO)oc1C. The topological polar surface area (TPSA) is 88.8 Å². The third-order valence-electron chi connectivity index (χ3n) is 2.33. The molecule has 7 heteroatoms. The van der Waals surface area contributed by atoms with Gasteiger partial charge in [0.05, 0.1) is 0 Å². The van der Waals surface area contributed by atoms with Gasteiger partial charge in [0, 0.05) is 25.8 Å². The lowest BCUT2D eigenvalue weighted by molar-refractivity contribution is 0.146. The van der Waals surface area contributed by atoms with Crippen LogP contribution in [0.2, 0.25) is 0 Å². The predicted octanol–water partition coefficient (Wildman–Crippen LogP) is 0.785. The first kappa shape index (κ1) is 15.2. The Hall–Kier alpha value is -0.890. The quantitative estimate of drug-likeness (QED) is 0.686. The largest absolute Gasteiger partial charge is 0.462 e. The summed E-state index contributed by atoms with van der Waals surface area (Å²) in [7, 11) is -3.58. The highest BCUT2D eigenvalue weighted by Crippen LogP contribution is 2.19. The minimum atomic E-state index is -3.58. The third kappa shape index (κ3) is 4.09. The number of sulfonamides is 1. The van der Waals surface area contributed by atoms with Crippen LogP contribution in [-0.4, -0.2) is 33.3 Å². The van der Waals surface area contributed by atoms with Crippen molar-refractivity contribution >= 4 is 10.0 Å². The standard InChI is InChI=1S/C11H19NO5S/c1-3-16-6-4-5-12-18(14,15)11-7-10(8-13)17-9(11)2/h7,12-13H,3-6,8H2,1-2H3. The van der Waals surface area contributed by atoms with E-state index in [1.54, 1.807) is 6.92 Å². The van der Waals surface area contributed by atoms with Gasteiger partial charge in [0.2, 0.25) is 10.0 Å². The molecule has 6 nitrogen and oxygen atoms in total. The first-order valence-electron chi connectivity index (χ1n) is 5.78. The van der Waals surface area contributed by atoms with E-state index < -0.39 is 10.0 Å². The van der Waals surface area contributed by atoms with Crippen LogP contribution in [0.4, 0.5) is 0 Å². The molecule has 1 aromatic rings. The van der Waals surface area contributed by atoms with Crippen LogP contribution < -0.4 is 4.72 Å². The molecule has 0 aromatic carbocycles. The smallest absolute Gasteiger partial charge is 0.244 e. The van der Waals surface area contributed by atoms with E-state index in [-0.39, 0.29) is 23.0 Å².